The zero-order chi connectivity index (χ0) is 20.0. The van der Waals surface area contributed by atoms with Crippen LogP contribution in [0.3, 0.4) is 0 Å². The van der Waals surface area contributed by atoms with Crippen LogP contribution in [0.1, 0.15) is 48.5 Å². The van der Waals surface area contributed by atoms with Gasteiger partial charge in [0, 0.05) is 0 Å². The molecule has 8 heteroatoms. The van der Waals surface area contributed by atoms with Gasteiger partial charge in [0.1, 0.15) is 4.92 Å². The van der Waals surface area contributed by atoms with Crippen molar-refractivity contribution in [2.24, 2.45) is 5.92 Å². The average Bonchev–Trinajstić information content (AvgIpc) is 3.10. The fraction of sp³-hybridized carbons (Fsp3) is 0.368. The molecular weight excluding hydrogens is 352 g/mol. The lowest BCUT2D eigenvalue weighted by Gasteiger charge is -2.15. The van der Waals surface area contributed by atoms with Crippen LogP contribution in [0.2, 0.25) is 0 Å². The Morgan fingerprint density at radius 1 is 1.15 bits per heavy atom. The molecule has 2 rings (SSSR count). The minimum absolute atomic E-state index is 0.256. The first kappa shape index (κ1) is 20.2. The molecule has 0 fully saturated rings. The van der Waals surface area contributed by atoms with Crippen LogP contribution < -0.4 is 5.32 Å². The van der Waals surface area contributed by atoms with Crippen molar-refractivity contribution in [3.8, 4) is 0 Å². The highest BCUT2D eigenvalue weighted by molar-refractivity contribution is 5.89. The third-order valence-electron chi connectivity index (χ3n) is 3.81. The third kappa shape index (κ3) is 5.95. The van der Waals surface area contributed by atoms with Crippen LogP contribution >= 0.6 is 0 Å². The zero-order valence-corrected chi connectivity index (χ0v) is 15.4. The largest absolute Gasteiger partial charge is 0.450 e. The maximum atomic E-state index is 12.0. The molecule has 0 aliphatic heterocycles. The van der Waals surface area contributed by atoms with Crippen LogP contribution in [-0.4, -0.2) is 23.4 Å². The fourth-order valence-corrected chi connectivity index (χ4v) is 2.52. The normalized spacial score (nSPS) is 11.9. The highest BCUT2D eigenvalue weighted by Gasteiger charge is 2.19. The summed E-state index contributed by atoms with van der Waals surface area (Å²) in [4.78, 5) is 33.5. The van der Waals surface area contributed by atoms with Crippen LogP contribution in [-0.2, 0) is 16.0 Å². The number of esters is 1. The van der Waals surface area contributed by atoms with Gasteiger partial charge in [0.15, 0.2) is 6.61 Å². The second-order valence-electron chi connectivity index (χ2n) is 6.60. The number of hydrogen-bond donors (Lipinski definition) is 1. The molecule has 0 aliphatic rings. The Bertz CT molecular complexity index is 810. The first-order valence-corrected chi connectivity index (χ1v) is 8.55. The Morgan fingerprint density at radius 3 is 2.37 bits per heavy atom. The maximum Gasteiger partial charge on any atom is 0.433 e. The number of nitro groups is 1. The molecule has 144 valence electrons. The van der Waals surface area contributed by atoms with Crippen molar-refractivity contribution in [2.75, 3.05) is 6.61 Å². The smallest absolute Gasteiger partial charge is 0.433 e. The van der Waals surface area contributed by atoms with Crippen molar-refractivity contribution < 1.29 is 23.7 Å². The van der Waals surface area contributed by atoms with E-state index in [1.165, 1.54) is 5.56 Å². The summed E-state index contributed by atoms with van der Waals surface area (Å²) in [6.07, 6.45) is 0.988. The van der Waals surface area contributed by atoms with Crippen molar-refractivity contribution in [3.05, 3.63) is 63.4 Å². The quantitative estimate of drug-likeness (QED) is 0.430. The number of hydrogen-bond acceptors (Lipinski definition) is 6. The highest BCUT2D eigenvalue weighted by Crippen LogP contribution is 2.17. The van der Waals surface area contributed by atoms with E-state index >= 15 is 0 Å². The minimum atomic E-state index is -0.941. The van der Waals surface area contributed by atoms with Crippen molar-refractivity contribution in [1.29, 1.82) is 0 Å². The molecule has 1 N–H and O–H groups in total. The van der Waals surface area contributed by atoms with Crippen molar-refractivity contribution in [1.82, 2.24) is 5.32 Å². The number of amides is 1. The van der Waals surface area contributed by atoms with Crippen LogP contribution in [0.15, 0.2) is 40.8 Å². The first-order chi connectivity index (χ1) is 12.8. The van der Waals surface area contributed by atoms with Crippen molar-refractivity contribution in [3.63, 3.8) is 0 Å². The van der Waals surface area contributed by atoms with Gasteiger partial charge < -0.3 is 14.5 Å². The van der Waals surface area contributed by atoms with E-state index in [1.54, 1.807) is 0 Å². The lowest BCUT2D eigenvalue weighted by molar-refractivity contribution is -0.402. The molecule has 8 nitrogen and oxygen atoms in total. The fourth-order valence-electron chi connectivity index (χ4n) is 2.52. The Hall–Kier alpha value is -3.16. The topological polar surface area (TPSA) is 112 Å². The Kier molecular flexibility index (Phi) is 6.70. The second kappa shape index (κ2) is 8.98. The van der Waals surface area contributed by atoms with Gasteiger partial charge in [0.25, 0.3) is 5.91 Å². The minimum Gasteiger partial charge on any atom is -0.450 e. The molecule has 0 radical (unpaired) electrons. The van der Waals surface area contributed by atoms with E-state index < -0.39 is 29.3 Å². The van der Waals surface area contributed by atoms with Crippen molar-refractivity contribution >= 4 is 17.8 Å². The number of nitrogens with one attached hydrogen (secondary N) is 1. The summed E-state index contributed by atoms with van der Waals surface area (Å²) in [6, 6.07) is 9.88. The molecule has 0 saturated heterocycles. The predicted octanol–water partition coefficient (Wildman–Crippen LogP) is 3.42. The number of rotatable bonds is 8. The van der Waals surface area contributed by atoms with Gasteiger partial charge in [-0.2, -0.15) is 0 Å². The molecule has 27 heavy (non-hydrogen) atoms. The number of carbonyl (C=O) groups excluding carboxylic acids is 2. The van der Waals surface area contributed by atoms with Crippen LogP contribution in [0.5, 0.6) is 0 Å². The summed E-state index contributed by atoms with van der Waals surface area (Å²) in [5.74, 6) is -1.76. The number of benzene rings is 1. The van der Waals surface area contributed by atoms with Gasteiger partial charge >= 0.3 is 11.9 Å². The van der Waals surface area contributed by atoms with Gasteiger partial charge in [-0.15, -0.1) is 0 Å². The molecule has 0 saturated carbocycles. The molecule has 2 aromatic rings. The molecule has 1 heterocycles. The van der Waals surface area contributed by atoms with Gasteiger partial charge in [-0.05, 0) is 36.5 Å². The lowest BCUT2D eigenvalue weighted by Crippen LogP contribution is -2.31. The van der Waals surface area contributed by atoms with E-state index in [0.29, 0.717) is 5.92 Å². The number of ether oxygens (including phenoxy) is 1. The standard InChI is InChI=1S/C19H22N2O6/c1-12(2)10-14-4-6-15(7-5-14)13(3)20-17(22)11-26-19(23)16-8-9-18(27-16)21(24)25/h4-9,12-13H,10-11H2,1-3H3,(H,20,22)/t13-/m0/s1. The average molecular weight is 374 g/mol. The summed E-state index contributed by atoms with van der Waals surface area (Å²) < 4.78 is 9.54. The summed E-state index contributed by atoms with van der Waals surface area (Å²) in [6.45, 7) is 5.62. The summed E-state index contributed by atoms with van der Waals surface area (Å²) in [7, 11) is 0. The van der Waals surface area contributed by atoms with E-state index in [9.17, 15) is 19.7 Å². The summed E-state index contributed by atoms with van der Waals surface area (Å²) in [5, 5.41) is 13.3. The second-order valence-corrected chi connectivity index (χ2v) is 6.60. The van der Waals surface area contributed by atoms with Gasteiger partial charge in [-0.1, -0.05) is 38.1 Å². The molecule has 1 atom stereocenters. The third-order valence-corrected chi connectivity index (χ3v) is 3.81. The van der Waals surface area contributed by atoms with Gasteiger partial charge in [0.05, 0.1) is 12.1 Å². The molecule has 0 unspecified atom stereocenters. The molecule has 0 spiro atoms. The Morgan fingerprint density at radius 2 is 1.81 bits per heavy atom. The van der Waals surface area contributed by atoms with Crippen LogP contribution in [0.25, 0.3) is 0 Å². The van der Waals surface area contributed by atoms with E-state index in [2.05, 4.69) is 19.2 Å². The van der Waals surface area contributed by atoms with Crippen molar-refractivity contribution in [2.45, 2.75) is 33.2 Å². The first-order valence-electron chi connectivity index (χ1n) is 8.55. The van der Waals surface area contributed by atoms with E-state index in [0.717, 1.165) is 24.1 Å². The zero-order valence-electron chi connectivity index (χ0n) is 15.4. The monoisotopic (exact) mass is 374 g/mol. The summed E-state index contributed by atoms with van der Waals surface area (Å²) in [5.41, 5.74) is 2.16. The van der Waals surface area contributed by atoms with Crippen LogP contribution in [0.4, 0.5) is 5.88 Å². The maximum absolute atomic E-state index is 12.0. The number of furan rings is 1. The highest BCUT2D eigenvalue weighted by atomic mass is 16.7. The predicted molar refractivity (Wildman–Crippen MR) is 97.2 cm³/mol. The summed E-state index contributed by atoms with van der Waals surface area (Å²) >= 11 is 0. The molecule has 1 aromatic carbocycles. The lowest BCUT2D eigenvalue weighted by atomic mass is 10.00. The van der Waals surface area contributed by atoms with Gasteiger partial charge in [-0.3, -0.25) is 14.9 Å². The Balaban J connectivity index is 1.83. The van der Waals surface area contributed by atoms with Crippen LogP contribution in [0, 0.1) is 16.0 Å². The molecule has 1 aromatic heterocycles. The number of nitrogens with zero attached hydrogens (tertiary/aromatic N) is 1. The van der Waals surface area contributed by atoms with E-state index in [4.69, 9.17) is 9.15 Å². The SMILES string of the molecule is CC(C)Cc1ccc([C@H](C)NC(=O)COC(=O)c2ccc([N+](=O)[O-])o2)cc1. The molecule has 1 amide bonds. The molecule has 0 bridgehead atoms. The van der Waals surface area contributed by atoms with E-state index in [-0.39, 0.29) is 11.8 Å². The van der Waals surface area contributed by atoms with E-state index in [1.807, 2.05) is 31.2 Å². The molecule has 0 aliphatic carbocycles. The van der Waals surface area contributed by atoms with Gasteiger partial charge in [-0.25, -0.2) is 4.79 Å². The Labute approximate surface area is 156 Å². The molecular formula is C19H22N2O6. The number of carbonyl (C=O) groups is 2. The van der Waals surface area contributed by atoms with Gasteiger partial charge in [0.2, 0.25) is 5.76 Å².